The maximum absolute atomic E-state index is 11.9. The molecule has 2 N–H and O–H groups in total. The summed E-state index contributed by atoms with van der Waals surface area (Å²) in [6.07, 6.45) is 0.00462. The number of nitrogens with one attached hydrogen (secondary N) is 1. The normalized spacial score (nSPS) is 16.2. The quantitative estimate of drug-likeness (QED) is 0.383. The lowest BCUT2D eigenvalue weighted by atomic mass is 9.84. The molecule has 7 heteroatoms. The number of para-hydroxylation sites is 1. The number of carboxylic acid groups (broad SMARTS) is 1. The lowest BCUT2D eigenvalue weighted by Crippen LogP contribution is -2.40. The Morgan fingerprint density at radius 3 is 2.75 bits per heavy atom. The van der Waals surface area contributed by atoms with E-state index in [1.807, 2.05) is 31.2 Å². The maximum Gasteiger partial charge on any atom is 0.304 e. The van der Waals surface area contributed by atoms with Crippen molar-refractivity contribution < 1.29 is 14.6 Å². The molecular formula is C29H32N4O3. The number of hydrogen-bond acceptors (Lipinski definition) is 5. The highest BCUT2D eigenvalue weighted by Gasteiger charge is 2.29. The lowest BCUT2D eigenvalue weighted by Gasteiger charge is -2.30. The van der Waals surface area contributed by atoms with Gasteiger partial charge in [0.25, 0.3) is 0 Å². The fraction of sp³-hybridized carbons (Fsp3) is 0.345. The molecule has 0 fully saturated rings. The molecule has 1 aliphatic heterocycles. The van der Waals surface area contributed by atoms with Crippen LogP contribution in [0, 0.1) is 13.8 Å². The summed E-state index contributed by atoms with van der Waals surface area (Å²) in [5, 5.41) is 20.9. The standard InChI is InChI=1S/C29H32N4O3/c1-18-9-10-20(24(14-27(34)35)23-11-12-25-28(19(23)2)31-32-30-25)13-22(18)16-33-15-21-7-5-6-8-26(21)36-29(3,4)17-33/h5-13,24H,14-17H2,1-4H3,(H,34,35)(H,30,31,32)/t24-/m1/s1. The van der Waals surface area contributed by atoms with Crippen molar-refractivity contribution in [1.29, 1.82) is 0 Å². The van der Waals surface area contributed by atoms with Gasteiger partial charge in [-0.2, -0.15) is 15.4 Å². The number of ether oxygens (including phenoxy) is 1. The van der Waals surface area contributed by atoms with E-state index in [1.54, 1.807) is 0 Å². The molecule has 186 valence electrons. The minimum atomic E-state index is -0.829. The number of H-pyrrole nitrogens is 1. The summed E-state index contributed by atoms with van der Waals surface area (Å²) in [4.78, 5) is 14.3. The molecule has 3 aromatic carbocycles. The third kappa shape index (κ3) is 4.84. The molecule has 1 aromatic heterocycles. The van der Waals surface area contributed by atoms with Gasteiger partial charge in [0.2, 0.25) is 0 Å². The van der Waals surface area contributed by atoms with Crippen LogP contribution in [0.15, 0.2) is 54.6 Å². The summed E-state index contributed by atoms with van der Waals surface area (Å²) >= 11 is 0. The second-order valence-corrected chi connectivity index (χ2v) is 10.4. The number of aromatic nitrogens is 3. The Labute approximate surface area is 211 Å². The van der Waals surface area contributed by atoms with Gasteiger partial charge < -0.3 is 9.84 Å². The first-order valence-electron chi connectivity index (χ1n) is 12.3. The minimum absolute atomic E-state index is 0.00462. The molecule has 0 aliphatic carbocycles. The van der Waals surface area contributed by atoms with Crippen LogP contribution in [0.3, 0.4) is 0 Å². The Morgan fingerprint density at radius 1 is 1.14 bits per heavy atom. The van der Waals surface area contributed by atoms with Crippen LogP contribution < -0.4 is 4.74 Å². The highest BCUT2D eigenvalue weighted by Crippen LogP contribution is 2.35. The smallest absolute Gasteiger partial charge is 0.304 e. The van der Waals surface area contributed by atoms with Gasteiger partial charge in [0.15, 0.2) is 0 Å². The fourth-order valence-corrected chi connectivity index (χ4v) is 5.35. The van der Waals surface area contributed by atoms with Crippen LogP contribution in [0.5, 0.6) is 5.75 Å². The van der Waals surface area contributed by atoms with E-state index in [4.69, 9.17) is 4.74 Å². The van der Waals surface area contributed by atoms with Gasteiger partial charge in [0, 0.05) is 31.1 Å². The Morgan fingerprint density at radius 2 is 1.94 bits per heavy atom. The number of rotatable bonds is 6. The Bertz CT molecular complexity index is 1430. The van der Waals surface area contributed by atoms with Crippen molar-refractivity contribution in [2.75, 3.05) is 6.54 Å². The van der Waals surface area contributed by atoms with Crippen LogP contribution >= 0.6 is 0 Å². The SMILES string of the molecule is Cc1ccc([C@@H](CC(=O)O)c2ccc3n[nH]nc3c2C)cc1CN1Cc2ccccc2OC(C)(C)C1. The zero-order chi connectivity index (χ0) is 25.4. The minimum Gasteiger partial charge on any atom is -0.486 e. The van der Waals surface area contributed by atoms with Gasteiger partial charge >= 0.3 is 5.97 Å². The van der Waals surface area contributed by atoms with Crippen molar-refractivity contribution in [3.8, 4) is 5.75 Å². The molecule has 1 aliphatic rings. The number of aliphatic carboxylic acids is 1. The third-order valence-corrected chi connectivity index (χ3v) is 7.06. The van der Waals surface area contributed by atoms with Gasteiger partial charge in [-0.1, -0.05) is 42.5 Å². The summed E-state index contributed by atoms with van der Waals surface area (Å²) in [7, 11) is 0. The van der Waals surface area contributed by atoms with Gasteiger partial charge in [0.1, 0.15) is 22.4 Å². The number of fused-ring (bicyclic) bond motifs is 2. The van der Waals surface area contributed by atoms with Crippen molar-refractivity contribution in [3.05, 3.63) is 88.0 Å². The van der Waals surface area contributed by atoms with Crippen LogP contribution in [0.4, 0.5) is 0 Å². The molecule has 1 atom stereocenters. The Kier molecular flexibility index (Phi) is 6.26. The molecule has 0 spiro atoms. The van der Waals surface area contributed by atoms with E-state index >= 15 is 0 Å². The number of carboxylic acids is 1. The van der Waals surface area contributed by atoms with E-state index in [1.165, 1.54) is 16.7 Å². The monoisotopic (exact) mass is 484 g/mol. The first-order valence-corrected chi connectivity index (χ1v) is 12.3. The Balaban J connectivity index is 1.50. The molecule has 5 rings (SSSR count). The zero-order valence-electron chi connectivity index (χ0n) is 21.2. The van der Waals surface area contributed by atoms with Crippen molar-refractivity contribution in [1.82, 2.24) is 20.3 Å². The van der Waals surface area contributed by atoms with Crippen LogP contribution in [0.25, 0.3) is 11.0 Å². The average Bonchev–Trinajstić information content (AvgIpc) is 3.25. The third-order valence-electron chi connectivity index (χ3n) is 7.06. The van der Waals surface area contributed by atoms with Crippen LogP contribution in [-0.4, -0.2) is 43.5 Å². The molecule has 0 saturated carbocycles. The van der Waals surface area contributed by atoms with E-state index < -0.39 is 5.97 Å². The molecule has 4 aromatic rings. The van der Waals surface area contributed by atoms with Crippen molar-refractivity contribution in [3.63, 3.8) is 0 Å². The number of carbonyl (C=O) groups is 1. The summed E-state index contributed by atoms with van der Waals surface area (Å²) in [6.45, 7) is 10.7. The average molecular weight is 485 g/mol. The zero-order valence-corrected chi connectivity index (χ0v) is 21.2. The predicted octanol–water partition coefficient (Wildman–Crippen LogP) is 5.35. The number of aryl methyl sites for hydroxylation is 2. The number of nitrogens with zero attached hydrogens (tertiary/aromatic N) is 3. The summed E-state index contributed by atoms with van der Waals surface area (Å²) < 4.78 is 6.33. The van der Waals surface area contributed by atoms with Crippen molar-refractivity contribution >= 4 is 17.0 Å². The van der Waals surface area contributed by atoms with E-state index in [-0.39, 0.29) is 17.9 Å². The predicted molar refractivity (Wildman–Crippen MR) is 139 cm³/mol. The molecule has 7 nitrogen and oxygen atoms in total. The second kappa shape index (κ2) is 9.39. The molecule has 0 amide bonds. The van der Waals surface area contributed by atoms with E-state index in [0.29, 0.717) is 0 Å². The van der Waals surface area contributed by atoms with E-state index in [0.717, 1.165) is 53.1 Å². The summed E-state index contributed by atoms with van der Waals surface area (Å²) in [5.41, 5.74) is 7.71. The highest BCUT2D eigenvalue weighted by atomic mass is 16.5. The summed E-state index contributed by atoms with van der Waals surface area (Å²) in [5.74, 6) is -0.173. The molecular weight excluding hydrogens is 452 g/mol. The topological polar surface area (TPSA) is 91.3 Å². The van der Waals surface area contributed by atoms with Gasteiger partial charge in [-0.05, 0) is 67.6 Å². The van der Waals surface area contributed by atoms with Gasteiger partial charge in [-0.25, -0.2) is 0 Å². The summed E-state index contributed by atoms with van der Waals surface area (Å²) in [6, 6.07) is 18.5. The highest BCUT2D eigenvalue weighted by molar-refractivity contribution is 5.79. The maximum atomic E-state index is 11.9. The first-order chi connectivity index (χ1) is 17.2. The molecule has 0 radical (unpaired) electrons. The fourth-order valence-electron chi connectivity index (χ4n) is 5.35. The van der Waals surface area contributed by atoms with Crippen LogP contribution in [0.2, 0.25) is 0 Å². The van der Waals surface area contributed by atoms with Crippen LogP contribution in [0.1, 0.15) is 59.6 Å². The Hall–Kier alpha value is -3.71. The van der Waals surface area contributed by atoms with E-state index in [9.17, 15) is 9.90 Å². The van der Waals surface area contributed by atoms with Crippen molar-refractivity contribution in [2.45, 2.75) is 58.7 Å². The molecule has 2 heterocycles. The molecule has 0 saturated heterocycles. The van der Waals surface area contributed by atoms with E-state index in [2.05, 4.69) is 71.4 Å². The van der Waals surface area contributed by atoms with Crippen LogP contribution in [-0.2, 0) is 17.9 Å². The second-order valence-electron chi connectivity index (χ2n) is 10.4. The molecule has 0 unspecified atom stereocenters. The first kappa shape index (κ1) is 24.0. The lowest BCUT2D eigenvalue weighted by molar-refractivity contribution is -0.137. The van der Waals surface area contributed by atoms with Gasteiger partial charge in [0.05, 0.1) is 6.42 Å². The van der Waals surface area contributed by atoms with Gasteiger partial charge in [-0.15, -0.1) is 0 Å². The number of hydrogen-bond donors (Lipinski definition) is 2. The number of benzene rings is 3. The number of aromatic amines is 1. The van der Waals surface area contributed by atoms with Gasteiger partial charge in [-0.3, -0.25) is 9.69 Å². The van der Waals surface area contributed by atoms with Crippen molar-refractivity contribution in [2.24, 2.45) is 0 Å². The molecule has 0 bridgehead atoms. The molecule has 36 heavy (non-hydrogen) atoms. The largest absolute Gasteiger partial charge is 0.486 e.